The van der Waals surface area contributed by atoms with Gasteiger partial charge in [0.25, 0.3) is 0 Å². The SMILES string of the molecule is O=C1C[C@H](c2nc3ccccc3n2CC(=O)N2CCCc3ccccc32)CN1C[C@H]1CCCO1. The Kier molecular flexibility index (Phi) is 5.57. The Morgan fingerprint density at radius 3 is 2.82 bits per heavy atom. The molecule has 0 spiro atoms. The molecule has 2 atom stereocenters. The summed E-state index contributed by atoms with van der Waals surface area (Å²) in [7, 11) is 0. The van der Waals surface area contributed by atoms with Crippen molar-refractivity contribution in [3.63, 3.8) is 0 Å². The van der Waals surface area contributed by atoms with Gasteiger partial charge < -0.3 is 19.1 Å². The molecular weight excluding hydrogens is 428 g/mol. The van der Waals surface area contributed by atoms with Crippen LogP contribution in [0.5, 0.6) is 0 Å². The molecule has 3 aliphatic heterocycles. The van der Waals surface area contributed by atoms with Gasteiger partial charge in [0.05, 0.1) is 17.1 Å². The number of likely N-dealkylation sites (tertiary alicyclic amines) is 1. The van der Waals surface area contributed by atoms with E-state index >= 15 is 0 Å². The molecule has 1 aromatic heterocycles. The second-order valence-electron chi connectivity index (χ2n) is 9.66. The first-order chi connectivity index (χ1) is 16.7. The van der Waals surface area contributed by atoms with Crippen molar-refractivity contribution in [3.8, 4) is 0 Å². The number of aromatic nitrogens is 2. The van der Waals surface area contributed by atoms with Crippen LogP contribution in [0.2, 0.25) is 0 Å². The van der Waals surface area contributed by atoms with E-state index in [2.05, 4.69) is 6.07 Å². The minimum absolute atomic E-state index is 0.0252. The first-order valence-electron chi connectivity index (χ1n) is 12.4. The summed E-state index contributed by atoms with van der Waals surface area (Å²) >= 11 is 0. The number of imidazole rings is 1. The molecule has 4 heterocycles. The fraction of sp³-hybridized carbons (Fsp3) is 0.444. The molecule has 3 aromatic rings. The highest BCUT2D eigenvalue weighted by atomic mass is 16.5. The summed E-state index contributed by atoms with van der Waals surface area (Å²) in [5.74, 6) is 1.03. The Hall–Kier alpha value is -3.19. The molecule has 3 aliphatic rings. The van der Waals surface area contributed by atoms with E-state index in [1.807, 2.05) is 56.8 Å². The van der Waals surface area contributed by atoms with Gasteiger partial charge >= 0.3 is 0 Å². The highest BCUT2D eigenvalue weighted by molar-refractivity contribution is 5.95. The second-order valence-corrected chi connectivity index (χ2v) is 9.66. The largest absolute Gasteiger partial charge is 0.376 e. The van der Waals surface area contributed by atoms with Gasteiger partial charge in [-0.25, -0.2) is 4.98 Å². The van der Waals surface area contributed by atoms with Crippen LogP contribution < -0.4 is 4.90 Å². The molecule has 0 bridgehead atoms. The predicted molar refractivity (Wildman–Crippen MR) is 130 cm³/mol. The summed E-state index contributed by atoms with van der Waals surface area (Å²) in [6.45, 7) is 3.02. The maximum Gasteiger partial charge on any atom is 0.246 e. The number of anilines is 1. The normalized spacial score (nSPS) is 22.5. The molecule has 6 rings (SSSR count). The van der Waals surface area contributed by atoms with Crippen LogP contribution in [0.25, 0.3) is 11.0 Å². The highest BCUT2D eigenvalue weighted by Gasteiger charge is 2.36. The summed E-state index contributed by atoms with van der Waals surface area (Å²) in [4.78, 5) is 35.2. The summed E-state index contributed by atoms with van der Waals surface area (Å²) in [6.07, 6.45) is 4.62. The number of hydrogen-bond donors (Lipinski definition) is 0. The van der Waals surface area contributed by atoms with E-state index in [0.29, 0.717) is 19.5 Å². The first kappa shape index (κ1) is 21.4. The van der Waals surface area contributed by atoms with E-state index in [1.54, 1.807) is 0 Å². The zero-order valence-corrected chi connectivity index (χ0v) is 19.4. The molecule has 2 amide bonds. The van der Waals surface area contributed by atoms with Gasteiger partial charge in [0, 0.05) is 44.3 Å². The fourth-order valence-corrected chi connectivity index (χ4v) is 5.74. The van der Waals surface area contributed by atoms with Crippen LogP contribution >= 0.6 is 0 Å². The zero-order valence-electron chi connectivity index (χ0n) is 19.4. The first-order valence-corrected chi connectivity index (χ1v) is 12.4. The minimum atomic E-state index is -0.0252. The molecular formula is C27H30N4O3. The van der Waals surface area contributed by atoms with Crippen LogP contribution in [0.1, 0.15) is 43.0 Å². The van der Waals surface area contributed by atoms with Crippen LogP contribution in [0.15, 0.2) is 48.5 Å². The Morgan fingerprint density at radius 2 is 1.94 bits per heavy atom. The number of amides is 2. The topological polar surface area (TPSA) is 67.7 Å². The van der Waals surface area contributed by atoms with Crippen LogP contribution in [0.3, 0.4) is 0 Å². The number of carbonyl (C=O) groups is 2. The summed E-state index contributed by atoms with van der Waals surface area (Å²) in [5, 5.41) is 0. The lowest BCUT2D eigenvalue weighted by Gasteiger charge is -2.30. The highest BCUT2D eigenvalue weighted by Crippen LogP contribution is 2.32. The van der Waals surface area contributed by atoms with Crippen molar-refractivity contribution in [2.24, 2.45) is 0 Å². The van der Waals surface area contributed by atoms with Crippen molar-refractivity contribution in [3.05, 3.63) is 59.9 Å². The molecule has 2 fully saturated rings. The molecule has 34 heavy (non-hydrogen) atoms. The monoisotopic (exact) mass is 458 g/mol. The second kappa shape index (κ2) is 8.87. The van der Waals surface area contributed by atoms with Gasteiger partial charge in [0.1, 0.15) is 12.4 Å². The van der Waals surface area contributed by atoms with Gasteiger partial charge in [-0.05, 0) is 49.4 Å². The lowest BCUT2D eigenvalue weighted by atomic mass is 10.0. The fourth-order valence-electron chi connectivity index (χ4n) is 5.74. The van der Waals surface area contributed by atoms with E-state index in [0.717, 1.165) is 61.4 Å². The number of hydrogen-bond acceptors (Lipinski definition) is 4. The van der Waals surface area contributed by atoms with E-state index in [1.165, 1.54) is 5.56 Å². The average molecular weight is 459 g/mol. The predicted octanol–water partition coefficient (Wildman–Crippen LogP) is 3.51. The average Bonchev–Trinajstić information content (AvgIpc) is 3.59. The third-order valence-electron chi connectivity index (χ3n) is 7.42. The van der Waals surface area contributed by atoms with Crippen molar-refractivity contribution in [1.82, 2.24) is 14.5 Å². The lowest BCUT2D eigenvalue weighted by Crippen LogP contribution is -2.38. The van der Waals surface area contributed by atoms with E-state index in [9.17, 15) is 9.59 Å². The van der Waals surface area contributed by atoms with Crippen LogP contribution in [0, 0.1) is 0 Å². The molecule has 0 unspecified atom stereocenters. The number of carbonyl (C=O) groups excluding carboxylic acids is 2. The van der Waals surface area contributed by atoms with E-state index in [4.69, 9.17) is 9.72 Å². The lowest BCUT2D eigenvalue weighted by molar-refractivity contribution is -0.129. The molecule has 0 saturated carbocycles. The Morgan fingerprint density at radius 1 is 1.09 bits per heavy atom. The summed E-state index contributed by atoms with van der Waals surface area (Å²) < 4.78 is 7.80. The molecule has 0 N–H and O–H groups in total. The van der Waals surface area contributed by atoms with Crippen LogP contribution in [-0.4, -0.2) is 58.6 Å². The number of nitrogens with zero attached hydrogens (tertiary/aromatic N) is 4. The molecule has 176 valence electrons. The zero-order chi connectivity index (χ0) is 23.1. The number of ether oxygens (including phenoxy) is 1. The molecule has 0 aliphatic carbocycles. The van der Waals surface area contributed by atoms with Crippen molar-refractivity contribution >= 4 is 28.5 Å². The molecule has 2 aromatic carbocycles. The smallest absolute Gasteiger partial charge is 0.246 e. The van der Waals surface area contributed by atoms with Gasteiger partial charge in [-0.15, -0.1) is 0 Å². The van der Waals surface area contributed by atoms with Crippen molar-refractivity contribution in [2.45, 2.75) is 50.7 Å². The number of fused-ring (bicyclic) bond motifs is 2. The van der Waals surface area contributed by atoms with Gasteiger partial charge in [-0.3, -0.25) is 9.59 Å². The third kappa shape index (κ3) is 3.88. The number of para-hydroxylation sites is 3. The standard InChI is InChI=1S/C27H30N4O3/c32-25-15-20(16-29(25)17-21-9-6-14-34-21)27-28-22-10-2-4-12-24(22)31(27)18-26(33)30-13-5-8-19-7-1-3-11-23(19)30/h1-4,7,10-12,20-21H,5-6,8-9,13-18H2/t20-,21+/m0/s1. The number of benzene rings is 2. The number of rotatable bonds is 5. The van der Waals surface area contributed by atoms with Crippen molar-refractivity contribution < 1.29 is 14.3 Å². The maximum atomic E-state index is 13.6. The molecule has 7 nitrogen and oxygen atoms in total. The molecule has 0 radical (unpaired) electrons. The Labute approximate surface area is 199 Å². The van der Waals surface area contributed by atoms with E-state index < -0.39 is 0 Å². The quantitative estimate of drug-likeness (QED) is 0.587. The molecule has 2 saturated heterocycles. The maximum absolute atomic E-state index is 13.6. The third-order valence-corrected chi connectivity index (χ3v) is 7.42. The van der Waals surface area contributed by atoms with Gasteiger partial charge in [-0.2, -0.15) is 0 Å². The van der Waals surface area contributed by atoms with Crippen molar-refractivity contribution in [1.29, 1.82) is 0 Å². The summed E-state index contributed by atoms with van der Waals surface area (Å²) in [5.41, 5.74) is 4.06. The minimum Gasteiger partial charge on any atom is -0.376 e. The van der Waals surface area contributed by atoms with Gasteiger partial charge in [0.15, 0.2) is 0 Å². The van der Waals surface area contributed by atoms with E-state index in [-0.39, 0.29) is 30.4 Å². The van der Waals surface area contributed by atoms with Crippen molar-refractivity contribution in [2.75, 3.05) is 31.1 Å². The van der Waals surface area contributed by atoms with Gasteiger partial charge in [0.2, 0.25) is 11.8 Å². The van der Waals surface area contributed by atoms with Gasteiger partial charge in [-0.1, -0.05) is 30.3 Å². The molecule has 7 heteroatoms. The number of aryl methyl sites for hydroxylation is 1. The summed E-state index contributed by atoms with van der Waals surface area (Å²) in [6, 6.07) is 16.1. The van der Waals surface area contributed by atoms with Crippen LogP contribution in [-0.2, 0) is 27.3 Å². The van der Waals surface area contributed by atoms with Crippen LogP contribution in [0.4, 0.5) is 5.69 Å². The Balaban J connectivity index is 1.29. The Bertz CT molecular complexity index is 1230.